The zero-order chi connectivity index (χ0) is 13.6. The first kappa shape index (κ1) is 15.4. The summed E-state index contributed by atoms with van der Waals surface area (Å²) >= 11 is 0. The summed E-state index contributed by atoms with van der Waals surface area (Å²) in [5.41, 5.74) is -1.14. The Morgan fingerprint density at radius 3 is 2.83 bits per heavy atom. The van der Waals surface area contributed by atoms with Gasteiger partial charge in [0.05, 0.1) is 25.4 Å². The van der Waals surface area contributed by atoms with Crippen LogP contribution in [0.3, 0.4) is 0 Å². The molecule has 0 saturated carbocycles. The minimum atomic E-state index is -3.59. The molecular weight excluding hydrogens is 262 g/mol. The third-order valence-electron chi connectivity index (χ3n) is 2.58. The van der Waals surface area contributed by atoms with Crippen molar-refractivity contribution < 1.29 is 27.8 Å². The highest BCUT2D eigenvalue weighted by Crippen LogP contribution is 2.17. The molecule has 8 heteroatoms. The zero-order valence-electron chi connectivity index (χ0n) is 10.3. The molecule has 0 radical (unpaired) electrons. The smallest absolute Gasteiger partial charge is 0.306 e. The largest absolute Gasteiger partial charge is 0.466 e. The van der Waals surface area contributed by atoms with Crippen LogP contribution in [0, 0.1) is 0 Å². The lowest BCUT2D eigenvalue weighted by Gasteiger charge is -2.20. The summed E-state index contributed by atoms with van der Waals surface area (Å²) in [4.78, 5) is 11.0. The highest BCUT2D eigenvalue weighted by molar-refractivity contribution is 7.89. The first-order valence-corrected chi connectivity index (χ1v) is 7.45. The second-order valence-electron chi connectivity index (χ2n) is 4.22. The number of ether oxygens (including phenoxy) is 2. The first-order chi connectivity index (χ1) is 8.37. The molecule has 1 aliphatic rings. The van der Waals surface area contributed by atoms with Crippen molar-refractivity contribution in [3.05, 3.63) is 0 Å². The van der Waals surface area contributed by atoms with E-state index in [1.54, 1.807) is 6.92 Å². The lowest BCUT2D eigenvalue weighted by atomic mass is 10.1. The molecule has 18 heavy (non-hydrogen) atoms. The summed E-state index contributed by atoms with van der Waals surface area (Å²) in [7, 11) is -3.59. The predicted octanol–water partition coefficient (Wildman–Crippen LogP) is -0.990. The fourth-order valence-electron chi connectivity index (χ4n) is 1.50. The van der Waals surface area contributed by atoms with E-state index in [0.717, 1.165) is 0 Å². The number of sulfonamides is 1. The molecule has 1 heterocycles. The van der Waals surface area contributed by atoms with Crippen LogP contribution in [0.4, 0.5) is 0 Å². The van der Waals surface area contributed by atoms with E-state index in [-0.39, 0.29) is 31.9 Å². The summed E-state index contributed by atoms with van der Waals surface area (Å²) in [6, 6.07) is 0. The molecule has 1 atom stereocenters. The predicted molar refractivity (Wildman–Crippen MR) is 63.4 cm³/mol. The Bertz CT molecular complexity index is 374. The number of carbonyl (C=O) groups is 1. The van der Waals surface area contributed by atoms with Crippen LogP contribution in [-0.2, 0) is 24.3 Å². The van der Waals surface area contributed by atoms with Crippen LogP contribution in [0.15, 0.2) is 0 Å². The Morgan fingerprint density at radius 1 is 1.56 bits per heavy atom. The molecule has 1 unspecified atom stereocenters. The van der Waals surface area contributed by atoms with E-state index in [1.807, 2.05) is 0 Å². The van der Waals surface area contributed by atoms with Gasteiger partial charge in [-0.15, -0.1) is 0 Å². The molecule has 1 fully saturated rings. The van der Waals surface area contributed by atoms with E-state index in [0.29, 0.717) is 13.0 Å². The molecule has 7 nitrogen and oxygen atoms in total. The van der Waals surface area contributed by atoms with Crippen LogP contribution in [0.5, 0.6) is 0 Å². The lowest BCUT2D eigenvalue weighted by molar-refractivity contribution is -0.142. The Balaban J connectivity index is 2.33. The average molecular weight is 281 g/mol. The van der Waals surface area contributed by atoms with Gasteiger partial charge in [-0.1, -0.05) is 0 Å². The van der Waals surface area contributed by atoms with Gasteiger partial charge in [-0.25, -0.2) is 13.1 Å². The third kappa shape index (κ3) is 5.30. The van der Waals surface area contributed by atoms with Gasteiger partial charge >= 0.3 is 5.97 Å². The van der Waals surface area contributed by atoms with Crippen molar-refractivity contribution in [3.8, 4) is 0 Å². The summed E-state index contributed by atoms with van der Waals surface area (Å²) in [6.07, 6.45) is 0.200. The van der Waals surface area contributed by atoms with Crippen LogP contribution in [0.2, 0.25) is 0 Å². The zero-order valence-corrected chi connectivity index (χ0v) is 11.2. The van der Waals surface area contributed by atoms with Gasteiger partial charge in [-0.2, -0.15) is 0 Å². The Hall–Kier alpha value is -0.700. The molecule has 106 valence electrons. The number of hydrogen-bond acceptors (Lipinski definition) is 6. The van der Waals surface area contributed by atoms with Crippen molar-refractivity contribution in [1.29, 1.82) is 0 Å². The van der Waals surface area contributed by atoms with Crippen LogP contribution in [0.25, 0.3) is 0 Å². The normalized spacial score (nSPS) is 24.1. The SMILES string of the molecule is CCOC(=O)CCS(=O)(=O)NCC1(O)CCOC1. The number of aliphatic hydroxyl groups is 1. The summed E-state index contributed by atoms with van der Waals surface area (Å²) < 4.78 is 35.0. The Kier molecular flexibility index (Phi) is 5.51. The average Bonchev–Trinajstić information content (AvgIpc) is 2.73. The summed E-state index contributed by atoms with van der Waals surface area (Å²) in [5, 5.41) is 9.87. The van der Waals surface area contributed by atoms with E-state index in [2.05, 4.69) is 9.46 Å². The van der Waals surface area contributed by atoms with Crippen molar-refractivity contribution in [3.63, 3.8) is 0 Å². The van der Waals surface area contributed by atoms with Crippen molar-refractivity contribution in [2.24, 2.45) is 0 Å². The fourth-order valence-corrected chi connectivity index (χ4v) is 2.57. The number of hydrogen-bond donors (Lipinski definition) is 2. The van der Waals surface area contributed by atoms with Gasteiger partial charge < -0.3 is 14.6 Å². The van der Waals surface area contributed by atoms with Gasteiger partial charge in [0.2, 0.25) is 10.0 Å². The monoisotopic (exact) mass is 281 g/mol. The molecule has 0 spiro atoms. The summed E-state index contributed by atoms with van der Waals surface area (Å²) in [5.74, 6) is -0.895. The molecule has 0 bridgehead atoms. The molecule has 0 amide bonds. The second-order valence-corrected chi connectivity index (χ2v) is 6.15. The van der Waals surface area contributed by atoms with Crippen LogP contribution in [0.1, 0.15) is 19.8 Å². The van der Waals surface area contributed by atoms with Crippen molar-refractivity contribution in [2.45, 2.75) is 25.4 Å². The highest BCUT2D eigenvalue weighted by atomic mass is 32.2. The molecule has 1 rings (SSSR count). The Morgan fingerprint density at radius 2 is 2.28 bits per heavy atom. The number of carbonyl (C=O) groups excluding carboxylic acids is 1. The van der Waals surface area contributed by atoms with Gasteiger partial charge in [0.1, 0.15) is 5.60 Å². The minimum Gasteiger partial charge on any atom is -0.466 e. The van der Waals surface area contributed by atoms with Crippen molar-refractivity contribution in [1.82, 2.24) is 4.72 Å². The van der Waals surface area contributed by atoms with Crippen molar-refractivity contribution in [2.75, 3.05) is 32.1 Å². The molecule has 2 N–H and O–H groups in total. The summed E-state index contributed by atoms with van der Waals surface area (Å²) in [6.45, 7) is 2.32. The minimum absolute atomic E-state index is 0.0990. The number of nitrogens with one attached hydrogen (secondary N) is 1. The van der Waals surface area contributed by atoms with E-state index < -0.39 is 21.6 Å². The molecular formula is C10H19NO6S. The third-order valence-corrected chi connectivity index (χ3v) is 3.91. The maximum atomic E-state index is 11.6. The molecule has 0 aliphatic carbocycles. The molecule has 0 aromatic carbocycles. The first-order valence-electron chi connectivity index (χ1n) is 5.80. The van der Waals surface area contributed by atoms with Crippen LogP contribution in [-0.4, -0.2) is 57.2 Å². The van der Waals surface area contributed by atoms with Crippen LogP contribution >= 0.6 is 0 Å². The second kappa shape index (κ2) is 6.46. The van der Waals surface area contributed by atoms with Gasteiger partial charge in [0.15, 0.2) is 0 Å². The number of esters is 1. The van der Waals surface area contributed by atoms with Gasteiger partial charge in [-0.3, -0.25) is 4.79 Å². The Labute approximate surface area is 107 Å². The van der Waals surface area contributed by atoms with Gasteiger partial charge in [-0.05, 0) is 6.92 Å². The fraction of sp³-hybridized carbons (Fsp3) is 0.900. The van der Waals surface area contributed by atoms with Gasteiger partial charge in [0.25, 0.3) is 0 Å². The maximum Gasteiger partial charge on any atom is 0.306 e. The molecule has 0 aromatic heterocycles. The van der Waals surface area contributed by atoms with E-state index >= 15 is 0 Å². The molecule has 0 aromatic rings. The van der Waals surface area contributed by atoms with Crippen molar-refractivity contribution >= 4 is 16.0 Å². The maximum absolute atomic E-state index is 11.6. The van der Waals surface area contributed by atoms with E-state index in [1.165, 1.54) is 0 Å². The van der Waals surface area contributed by atoms with Gasteiger partial charge in [0, 0.05) is 19.6 Å². The lowest BCUT2D eigenvalue weighted by Crippen LogP contribution is -2.44. The van der Waals surface area contributed by atoms with Crippen LogP contribution < -0.4 is 4.72 Å². The van der Waals surface area contributed by atoms with E-state index in [9.17, 15) is 18.3 Å². The van der Waals surface area contributed by atoms with E-state index in [4.69, 9.17) is 4.74 Å². The molecule has 1 aliphatic heterocycles. The highest BCUT2D eigenvalue weighted by Gasteiger charge is 2.33. The molecule has 1 saturated heterocycles. The quantitative estimate of drug-likeness (QED) is 0.581. The standard InChI is InChI=1S/C10H19NO6S/c1-2-17-9(12)3-6-18(14,15)11-7-10(13)4-5-16-8-10/h11,13H,2-8H2,1H3. The topological polar surface area (TPSA) is 102 Å². The number of rotatable bonds is 7.